The quantitative estimate of drug-likeness (QED) is 0.211. The van der Waals surface area contributed by atoms with Gasteiger partial charge in [-0.2, -0.15) is 0 Å². The molecule has 0 amide bonds. The summed E-state index contributed by atoms with van der Waals surface area (Å²) in [6.45, 7) is 0. The van der Waals surface area contributed by atoms with Crippen LogP contribution in [0, 0.1) is 0 Å². The minimum atomic E-state index is 0.351. The van der Waals surface area contributed by atoms with E-state index in [2.05, 4.69) is 30.3 Å². The fourth-order valence-electron chi connectivity index (χ4n) is 4.60. The first-order chi connectivity index (χ1) is 14.7. The lowest BCUT2D eigenvalue weighted by molar-refractivity contribution is 0.480. The van der Waals surface area contributed by atoms with E-state index in [0.29, 0.717) is 11.5 Å². The molecule has 0 aliphatic heterocycles. The number of phenolic OH excluding ortho intramolecular Hbond substituents is 2. The maximum Gasteiger partial charge on any atom is 0.131 e. The molecule has 0 aromatic heterocycles. The largest absolute Gasteiger partial charge is 0.507 e. The smallest absolute Gasteiger partial charge is 0.131 e. The van der Waals surface area contributed by atoms with Crippen molar-refractivity contribution in [3.63, 3.8) is 0 Å². The van der Waals surface area contributed by atoms with Gasteiger partial charge in [-0.25, -0.2) is 0 Å². The molecule has 142 valence electrons. The van der Waals surface area contributed by atoms with Crippen molar-refractivity contribution >= 4 is 43.1 Å². The van der Waals surface area contributed by atoms with Gasteiger partial charge >= 0.3 is 0 Å². The Kier molecular flexibility index (Phi) is 3.50. The Morgan fingerprint density at radius 2 is 1.07 bits per heavy atom. The first-order valence-corrected chi connectivity index (χ1v) is 9.99. The number of rotatable bonds is 0. The van der Waals surface area contributed by atoms with Gasteiger partial charge in [0.1, 0.15) is 11.5 Å². The van der Waals surface area contributed by atoms with Gasteiger partial charge in [0.2, 0.25) is 0 Å². The zero-order valence-electron chi connectivity index (χ0n) is 16.1. The fraction of sp³-hybridized carbons (Fsp3) is 0. The molecular weight excluding hydrogens is 368 g/mol. The Morgan fingerprint density at radius 1 is 0.467 bits per heavy atom. The number of benzene rings is 7. The van der Waals surface area contributed by atoms with Crippen LogP contribution in [-0.2, 0) is 0 Å². The summed E-state index contributed by atoms with van der Waals surface area (Å²) in [5.74, 6) is 0.817. The van der Waals surface area contributed by atoms with Gasteiger partial charge in [0, 0.05) is 21.9 Å². The lowest BCUT2D eigenvalue weighted by atomic mass is 9.82. The summed E-state index contributed by atoms with van der Waals surface area (Å²) < 4.78 is 0. The minimum absolute atomic E-state index is 0.351. The van der Waals surface area contributed by atoms with Crippen LogP contribution in [0.25, 0.3) is 54.2 Å². The highest BCUT2D eigenvalue weighted by atomic mass is 16.3. The molecule has 0 saturated carbocycles. The molecule has 0 atom stereocenters. The molecule has 0 heterocycles. The molecule has 2 nitrogen and oxygen atoms in total. The van der Waals surface area contributed by atoms with Gasteiger partial charge in [-0.15, -0.1) is 0 Å². The Labute approximate surface area is 173 Å². The van der Waals surface area contributed by atoms with Crippen LogP contribution in [0.4, 0.5) is 0 Å². The van der Waals surface area contributed by atoms with Crippen molar-refractivity contribution in [2.75, 3.05) is 0 Å². The molecule has 0 unspecified atom stereocenters. The van der Waals surface area contributed by atoms with Crippen LogP contribution >= 0.6 is 0 Å². The maximum atomic E-state index is 9.87. The number of fused-ring (bicyclic) bond motifs is 7. The van der Waals surface area contributed by atoms with E-state index < -0.39 is 0 Å². The normalized spacial score (nSPS) is 11.6. The molecule has 6 aromatic carbocycles. The molecule has 0 fully saturated rings. The Balaban J connectivity index is 0.000000117. The zero-order valence-corrected chi connectivity index (χ0v) is 16.1. The van der Waals surface area contributed by atoms with Crippen molar-refractivity contribution in [1.82, 2.24) is 0 Å². The fourth-order valence-corrected chi connectivity index (χ4v) is 4.60. The second-order valence-electron chi connectivity index (χ2n) is 7.69. The summed E-state index contributed by atoms with van der Waals surface area (Å²) in [5, 5.41) is 28.6. The molecule has 30 heavy (non-hydrogen) atoms. The van der Waals surface area contributed by atoms with Gasteiger partial charge in [0.05, 0.1) is 0 Å². The van der Waals surface area contributed by atoms with Crippen molar-refractivity contribution in [3.8, 4) is 22.6 Å². The summed E-state index contributed by atoms with van der Waals surface area (Å²) in [4.78, 5) is 0. The lowest BCUT2D eigenvalue weighted by Gasteiger charge is -2.22. The maximum absolute atomic E-state index is 9.87. The topological polar surface area (TPSA) is 40.5 Å². The third kappa shape index (κ3) is 2.31. The third-order valence-electron chi connectivity index (χ3n) is 6.02. The highest BCUT2D eigenvalue weighted by Crippen LogP contribution is 2.53. The van der Waals surface area contributed by atoms with Gasteiger partial charge in [-0.1, -0.05) is 78.9 Å². The van der Waals surface area contributed by atoms with Crippen molar-refractivity contribution < 1.29 is 10.2 Å². The summed E-state index contributed by atoms with van der Waals surface area (Å²) in [6.07, 6.45) is 0. The number of hydrogen-bond donors (Lipinski definition) is 2. The third-order valence-corrected chi connectivity index (χ3v) is 6.02. The predicted molar refractivity (Wildman–Crippen MR) is 125 cm³/mol. The van der Waals surface area contributed by atoms with E-state index in [1.807, 2.05) is 66.7 Å². The van der Waals surface area contributed by atoms with Gasteiger partial charge < -0.3 is 10.2 Å². The van der Waals surface area contributed by atoms with Crippen molar-refractivity contribution in [3.05, 3.63) is 97.1 Å². The molecule has 1 aliphatic carbocycles. The zero-order chi connectivity index (χ0) is 20.2. The second kappa shape index (κ2) is 6.23. The van der Waals surface area contributed by atoms with Crippen molar-refractivity contribution in [1.29, 1.82) is 0 Å². The molecule has 2 N–H and O–H groups in total. The van der Waals surface area contributed by atoms with E-state index >= 15 is 0 Å². The van der Waals surface area contributed by atoms with Gasteiger partial charge in [-0.3, -0.25) is 0 Å². The first kappa shape index (κ1) is 16.9. The molecule has 2 heteroatoms. The van der Waals surface area contributed by atoms with E-state index in [-0.39, 0.29) is 0 Å². The molecule has 0 saturated heterocycles. The van der Waals surface area contributed by atoms with Crippen LogP contribution in [-0.4, -0.2) is 10.2 Å². The van der Waals surface area contributed by atoms with Gasteiger partial charge in [0.15, 0.2) is 0 Å². The molecule has 7 rings (SSSR count). The van der Waals surface area contributed by atoms with Crippen LogP contribution in [0.15, 0.2) is 97.1 Å². The van der Waals surface area contributed by atoms with Crippen LogP contribution in [0.1, 0.15) is 0 Å². The molecule has 0 radical (unpaired) electrons. The van der Waals surface area contributed by atoms with Crippen LogP contribution in [0.3, 0.4) is 0 Å². The molecule has 0 spiro atoms. The SMILES string of the molecule is Oc1c2ccc3cc4ccccc4c-2c13.Oc1cc2ccccc2c2ccccc12. The Hall–Kier alpha value is -4.04. The van der Waals surface area contributed by atoms with Crippen molar-refractivity contribution in [2.24, 2.45) is 0 Å². The summed E-state index contributed by atoms with van der Waals surface area (Å²) in [7, 11) is 0. The second-order valence-corrected chi connectivity index (χ2v) is 7.69. The van der Waals surface area contributed by atoms with E-state index in [9.17, 15) is 10.2 Å². The average Bonchev–Trinajstić information content (AvgIpc) is 2.79. The van der Waals surface area contributed by atoms with E-state index in [1.165, 1.54) is 21.7 Å². The molecular formula is C28H18O2. The highest BCUT2D eigenvalue weighted by Gasteiger charge is 2.24. The standard InChI is InChI=1S/C14H8O.C14H10O/c15-14-11-6-5-9-7-8-3-1-2-4-10(8)13(11)12(9)14;15-14-9-10-5-1-2-6-11(10)12-7-3-4-8-13(12)14/h1-7,15H;1-9,15H. The number of hydrogen-bond acceptors (Lipinski definition) is 2. The summed E-state index contributed by atoms with van der Waals surface area (Å²) in [6, 6.07) is 32.4. The van der Waals surface area contributed by atoms with E-state index in [0.717, 1.165) is 32.5 Å². The monoisotopic (exact) mass is 386 g/mol. The Morgan fingerprint density at radius 3 is 1.80 bits per heavy atom. The van der Waals surface area contributed by atoms with E-state index in [4.69, 9.17) is 0 Å². The lowest BCUT2D eigenvalue weighted by Crippen LogP contribution is -1.95. The summed E-state index contributed by atoms with van der Waals surface area (Å²) >= 11 is 0. The van der Waals surface area contributed by atoms with Crippen LogP contribution in [0.2, 0.25) is 0 Å². The minimum Gasteiger partial charge on any atom is -0.507 e. The van der Waals surface area contributed by atoms with E-state index in [1.54, 1.807) is 0 Å². The van der Waals surface area contributed by atoms with Crippen LogP contribution < -0.4 is 0 Å². The molecule has 2 bridgehead atoms. The van der Waals surface area contributed by atoms with Gasteiger partial charge in [0.25, 0.3) is 0 Å². The molecule has 6 aromatic rings. The number of phenols is 2. The average molecular weight is 386 g/mol. The van der Waals surface area contributed by atoms with Crippen LogP contribution in [0.5, 0.6) is 11.5 Å². The molecule has 1 aliphatic rings. The Bertz CT molecular complexity index is 1610. The highest BCUT2D eigenvalue weighted by molar-refractivity contribution is 6.23. The summed E-state index contributed by atoms with van der Waals surface area (Å²) in [5.41, 5.74) is 2.22. The predicted octanol–water partition coefficient (Wildman–Crippen LogP) is 7.38. The van der Waals surface area contributed by atoms with Crippen molar-refractivity contribution in [2.45, 2.75) is 0 Å². The number of aromatic hydroxyl groups is 2. The van der Waals surface area contributed by atoms with Gasteiger partial charge in [-0.05, 0) is 50.5 Å². The first-order valence-electron chi connectivity index (χ1n) is 9.99.